The molecule has 0 aromatic heterocycles. The molecule has 346 valence electrons. The molecule has 1 heteroatoms. The molecule has 0 saturated carbocycles. The molecule has 0 amide bonds. The Balaban J connectivity index is 0.931. The highest BCUT2D eigenvalue weighted by molar-refractivity contribution is 6.00. The molecule has 12 aromatic rings. The van der Waals surface area contributed by atoms with Crippen LogP contribution in [0.2, 0.25) is 0 Å². The highest BCUT2D eigenvalue weighted by Gasteiger charge is 2.51. The Morgan fingerprint density at radius 3 is 0.986 bits per heavy atom. The van der Waals surface area contributed by atoms with Gasteiger partial charge in [0.1, 0.15) is 0 Å². The zero-order chi connectivity index (χ0) is 49.0. The van der Waals surface area contributed by atoms with Crippen molar-refractivity contribution in [1.82, 2.24) is 0 Å². The van der Waals surface area contributed by atoms with E-state index >= 15 is 0 Å². The summed E-state index contributed by atoms with van der Waals surface area (Å²) in [7, 11) is 0. The van der Waals surface area contributed by atoms with Crippen LogP contribution in [0, 0.1) is 0 Å². The second-order valence-electron chi connectivity index (χ2n) is 19.5. The molecule has 1 spiro atoms. The third kappa shape index (κ3) is 7.00. The summed E-state index contributed by atoms with van der Waals surface area (Å²) in [6.45, 7) is 0. The summed E-state index contributed by atoms with van der Waals surface area (Å²) in [6.07, 6.45) is 0. The zero-order valence-electron chi connectivity index (χ0n) is 40.7. The molecule has 14 rings (SSSR count). The van der Waals surface area contributed by atoms with Crippen molar-refractivity contribution in [3.05, 3.63) is 320 Å². The van der Waals surface area contributed by atoms with Gasteiger partial charge in [-0.05, 0) is 148 Å². The van der Waals surface area contributed by atoms with Gasteiger partial charge in [-0.15, -0.1) is 0 Å². The van der Waals surface area contributed by atoms with Gasteiger partial charge in [0.05, 0.1) is 5.41 Å². The number of nitrogens with zero attached hydrogens (tertiary/aromatic N) is 1. The van der Waals surface area contributed by atoms with Crippen LogP contribution in [0.3, 0.4) is 0 Å². The van der Waals surface area contributed by atoms with E-state index in [0.29, 0.717) is 0 Å². The molecule has 0 bridgehead atoms. The van der Waals surface area contributed by atoms with Gasteiger partial charge in [-0.25, -0.2) is 0 Å². The van der Waals surface area contributed by atoms with Gasteiger partial charge in [-0.2, -0.15) is 0 Å². The molecule has 0 aliphatic heterocycles. The smallest absolute Gasteiger partial charge is 0.0726 e. The average molecular weight is 940 g/mol. The van der Waals surface area contributed by atoms with E-state index < -0.39 is 5.41 Å². The van der Waals surface area contributed by atoms with Crippen LogP contribution in [0.15, 0.2) is 297 Å². The Bertz CT molecular complexity index is 3960. The minimum Gasteiger partial charge on any atom is -0.310 e. The van der Waals surface area contributed by atoms with Crippen LogP contribution in [-0.2, 0) is 5.41 Å². The maximum absolute atomic E-state index is 2.49. The zero-order valence-corrected chi connectivity index (χ0v) is 40.7. The second kappa shape index (κ2) is 17.9. The number of hydrogen-bond acceptors (Lipinski definition) is 1. The van der Waals surface area contributed by atoms with Gasteiger partial charge in [-0.1, -0.05) is 261 Å². The van der Waals surface area contributed by atoms with Gasteiger partial charge < -0.3 is 4.90 Å². The molecule has 74 heavy (non-hydrogen) atoms. The Morgan fingerprint density at radius 1 is 0.189 bits per heavy atom. The van der Waals surface area contributed by atoms with Crippen LogP contribution in [0.1, 0.15) is 22.3 Å². The van der Waals surface area contributed by atoms with Gasteiger partial charge >= 0.3 is 0 Å². The molecule has 12 aromatic carbocycles. The fourth-order valence-corrected chi connectivity index (χ4v) is 12.3. The number of benzene rings is 12. The number of fused-ring (bicyclic) bond motifs is 10. The van der Waals surface area contributed by atoms with Gasteiger partial charge in [0, 0.05) is 17.1 Å². The molecule has 2 aliphatic carbocycles. The monoisotopic (exact) mass is 939 g/mol. The lowest BCUT2D eigenvalue weighted by Gasteiger charge is -2.32. The Kier molecular flexibility index (Phi) is 10.5. The lowest BCUT2D eigenvalue weighted by Crippen LogP contribution is -2.26. The Hall–Kier alpha value is -9.56. The minimum atomic E-state index is -0.462. The minimum absolute atomic E-state index is 0.462. The molecule has 0 unspecified atom stereocenters. The number of rotatable bonds is 9. The molecule has 0 N–H and O–H groups in total. The molecule has 0 radical (unpaired) electrons. The SMILES string of the molecule is c1ccc(-c2ccc(-c3ccc(N(c4ccc(-c5cccc(-c6ccccc6)c5-c5ccccc5-c5ccccc5)cc4)c4ccc5c(c4)C4(c6ccccc6-c6ccccc64)c4ccccc4-5)cc3)cc2)cc1. The van der Waals surface area contributed by atoms with Crippen molar-refractivity contribution in [1.29, 1.82) is 0 Å². The van der Waals surface area contributed by atoms with Crippen LogP contribution >= 0.6 is 0 Å². The lowest BCUT2D eigenvalue weighted by molar-refractivity contribution is 0.793. The van der Waals surface area contributed by atoms with Crippen LogP contribution < -0.4 is 4.90 Å². The quantitative estimate of drug-likeness (QED) is 0.139. The second-order valence-corrected chi connectivity index (χ2v) is 19.5. The highest BCUT2D eigenvalue weighted by Crippen LogP contribution is 2.63. The van der Waals surface area contributed by atoms with Gasteiger partial charge in [0.25, 0.3) is 0 Å². The van der Waals surface area contributed by atoms with Crippen LogP contribution in [-0.4, -0.2) is 0 Å². The summed E-state index contributed by atoms with van der Waals surface area (Å²) in [5, 5.41) is 0. The first-order chi connectivity index (χ1) is 36.7. The third-order valence-electron chi connectivity index (χ3n) is 15.6. The van der Waals surface area contributed by atoms with Gasteiger partial charge in [0.2, 0.25) is 0 Å². The fourth-order valence-electron chi connectivity index (χ4n) is 12.3. The van der Waals surface area contributed by atoms with E-state index in [9.17, 15) is 0 Å². The summed E-state index contributed by atoms with van der Waals surface area (Å²) in [5.74, 6) is 0. The first-order valence-electron chi connectivity index (χ1n) is 25.7. The molecular weight excluding hydrogens is 891 g/mol. The molecule has 0 saturated heterocycles. The van der Waals surface area contributed by atoms with E-state index in [-0.39, 0.29) is 0 Å². The lowest BCUT2D eigenvalue weighted by atomic mass is 9.70. The van der Waals surface area contributed by atoms with E-state index in [2.05, 4.69) is 302 Å². The first-order valence-corrected chi connectivity index (χ1v) is 25.7. The molecule has 0 fully saturated rings. The standard InChI is InChI=1S/C73H49N/c1-4-19-50(20-5-1)51-35-37-52(38-36-51)53-39-43-57(44-40-53)74(59-47-48-66-65-28-14-17-34-70(65)73(71(66)49-59)68-32-15-12-26-63(68)64-27-13-16-33-69(64)73)58-45-41-56(42-46-58)62-31-18-30-61(55-23-8-3-9-24-55)72(62)67-29-11-10-25-60(67)54-21-6-2-7-22-54/h1-49H. The van der Waals surface area contributed by atoms with E-state index in [0.717, 1.165) is 22.6 Å². The van der Waals surface area contributed by atoms with Crippen molar-refractivity contribution in [3.8, 4) is 89.0 Å². The van der Waals surface area contributed by atoms with E-state index in [1.807, 2.05) is 0 Å². The largest absolute Gasteiger partial charge is 0.310 e. The Morgan fingerprint density at radius 2 is 0.500 bits per heavy atom. The maximum atomic E-state index is 2.49. The van der Waals surface area contributed by atoms with Crippen molar-refractivity contribution >= 4 is 17.1 Å². The van der Waals surface area contributed by atoms with Crippen molar-refractivity contribution in [2.45, 2.75) is 5.41 Å². The van der Waals surface area contributed by atoms with Crippen molar-refractivity contribution in [2.24, 2.45) is 0 Å². The Labute approximate surface area is 433 Å². The summed E-state index contributed by atoms with van der Waals surface area (Å²) < 4.78 is 0. The van der Waals surface area contributed by atoms with Crippen LogP contribution in [0.5, 0.6) is 0 Å². The van der Waals surface area contributed by atoms with Gasteiger partial charge in [0.15, 0.2) is 0 Å². The predicted octanol–water partition coefficient (Wildman–Crippen LogP) is 19.5. The highest BCUT2D eigenvalue weighted by atomic mass is 15.1. The normalized spacial score (nSPS) is 12.4. The summed E-state index contributed by atoms with van der Waals surface area (Å²) in [4.78, 5) is 2.45. The van der Waals surface area contributed by atoms with Crippen molar-refractivity contribution < 1.29 is 0 Å². The van der Waals surface area contributed by atoms with Crippen molar-refractivity contribution in [2.75, 3.05) is 4.90 Å². The number of hydrogen-bond donors (Lipinski definition) is 0. The molecular formula is C73H49N. The summed E-state index contributed by atoms with van der Waals surface area (Å²) in [6, 6.07) is 109. The number of anilines is 3. The van der Waals surface area contributed by atoms with Crippen LogP contribution in [0.4, 0.5) is 17.1 Å². The third-order valence-corrected chi connectivity index (χ3v) is 15.6. The van der Waals surface area contributed by atoms with E-state index in [4.69, 9.17) is 0 Å². The topological polar surface area (TPSA) is 3.24 Å². The molecule has 1 nitrogen and oxygen atoms in total. The predicted molar refractivity (Wildman–Crippen MR) is 310 cm³/mol. The summed E-state index contributed by atoms with van der Waals surface area (Å²) in [5.41, 5.74) is 27.7. The molecule has 0 heterocycles. The summed E-state index contributed by atoms with van der Waals surface area (Å²) >= 11 is 0. The van der Waals surface area contributed by atoms with Crippen molar-refractivity contribution in [3.63, 3.8) is 0 Å². The average Bonchev–Trinajstić information content (AvgIpc) is 3.96. The molecule has 2 aliphatic rings. The van der Waals surface area contributed by atoms with E-state index in [1.54, 1.807) is 0 Å². The fraction of sp³-hybridized carbons (Fsp3) is 0.0137. The van der Waals surface area contributed by atoms with Gasteiger partial charge in [-0.3, -0.25) is 0 Å². The maximum Gasteiger partial charge on any atom is 0.0726 e. The van der Waals surface area contributed by atoms with E-state index in [1.165, 1.54) is 106 Å². The molecule has 0 atom stereocenters. The van der Waals surface area contributed by atoms with Crippen LogP contribution in [0.25, 0.3) is 89.0 Å². The first kappa shape index (κ1) is 43.2.